The molecule has 198 valence electrons. The summed E-state index contributed by atoms with van der Waals surface area (Å²) in [4.78, 5) is 28.5. The van der Waals surface area contributed by atoms with E-state index in [-0.39, 0.29) is 11.7 Å². The number of carbonyl (C=O) groups is 1. The number of oxazole rings is 1. The van der Waals surface area contributed by atoms with Gasteiger partial charge in [-0.15, -0.1) is 11.3 Å². The number of benzene rings is 2. The van der Waals surface area contributed by atoms with Crippen LogP contribution in [0.1, 0.15) is 18.4 Å². The van der Waals surface area contributed by atoms with E-state index < -0.39 is 0 Å². The van der Waals surface area contributed by atoms with Crippen LogP contribution in [-0.2, 0) is 11.3 Å². The lowest BCUT2D eigenvalue weighted by Gasteiger charge is -2.15. The second-order valence-electron chi connectivity index (χ2n) is 9.49. The van der Waals surface area contributed by atoms with Crippen molar-refractivity contribution >= 4 is 50.3 Å². The molecule has 4 aromatic heterocycles. The van der Waals surface area contributed by atoms with Gasteiger partial charge in [0.25, 0.3) is 6.01 Å². The first-order valence-electron chi connectivity index (χ1n) is 12.8. The topological polar surface area (TPSA) is 93.4 Å². The average Bonchev–Trinajstić information content (AvgIpc) is 3.69. The van der Waals surface area contributed by atoms with Gasteiger partial charge >= 0.3 is 0 Å². The average molecular weight is 552 g/mol. The first-order chi connectivity index (χ1) is 19.6. The molecular weight excluding hydrogens is 529 g/mol. The van der Waals surface area contributed by atoms with Crippen molar-refractivity contribution in [2.24, 2.45) is 0 Å². The number of rotatable bonds is 7. The molecule has 1 amide bonds. The molecule has 40 heavy (non-hydrogen) atoms. The molecule has 0 aliphatic carbocycles. The Hall–Kier alpha value is -4.83. The highest BCUT2D eigenvalue weighted by Crippen LogP contribution is 2.39. The number of halogens is 1. The Labute approximate surface area is 232 Å². The van der Waals surface area contributed by atoms with Gasteiger partial charge in [-0.05, 0) is 60.5 Å². The Morgan fingerprint density at radius 2 is 1.93 bits per heavy atom. The highest BCUT2D eigenvalue weighted by molar-refractivity contribution is 7.22. The Kier molecular flexibility index (Phi) is 6.09. The number of anilines is 2. The molecule has 1 fully saturated rings. The maximum atomic E-state index is 13.2. The van der Waals surface area contributed by atoms with Gasteiger partial charge in [0.15, 0.2) is 5.58 Å². The molecule has 0 unspecified atom stereocenters. The number of pyridine rings is 2. The number of aromatic nitrogens is 3. The molecule has 0 bridgehead atoms. The van der Waals surface area contributed by atoms with Crippen LogP contribution in [0.15, 0.2) is 83.5 Å². The third-order valence-corrected chi connectivity index (χ3v) is 7.84. The van der Waals surface area contributed by atoms with Crippen LogP contribution >= 0.6 is 11.3 Å². The highest BCUT2D eigenvalue weighted by atomic mass is 32.1. The number of ether oxygens (including phenoxy) is 1. The van der Waals surface area contributed by atoms with Gasteiger partial charge in [-0.1, -0.05) is 6.07 Å². The third-order valence-electron chi connectivity index (χ3n) is 6.68. The molecule has 0 radical (unpaired) electrons. The summed E-state index contributed by atoms with van der Waals surface area (Å²) in [5.41, 5.74) is 4.57. The molecule has 10 heteroatoms. The maximum absolute atomic E-state index is 13.2. The molecule has 1 aliphatic heterocycles. The first kappa shape index (κ1) is 24.2. The summed E-state index contributed by atoms with van der Waals surface area (Å²) in [7, 11) is 0. The predicted octanol–water partition coefficient (Wildman–Crippen LogP) is 7.30. The van der Waals surface area contributed by atoms with Gasteiger partial charge in [0.05, 0.1) is 20.8 Å². The van der Waals surface area contributed by atoms with E-state index in [1.54, 1.807) is 41.8 Å². The van der Waals surface area contributed by atoms with E-state index in [1.807, 2.05) is 41.4 Å². The van der Waals surface area contributed by atoms with E-state index in [0.29, 0.717) is 47.3 Å². The second kappa shape index (κ2) is 10.0. The van der Waals surface area contributed by atoms with Gasteiger partial charge < -0.3 is 19.4 Å². The molecule has 1 N–H and O–H groups in total. The SMILES string of the molecule is O=C1CCCN1Cc1ccc(-c2cc3nccc(Oc4ccc5oc(Nc6ccc(F)cc6)nc5c4)c3s2)nc1. The van der Waals surface area contributed by atoms with Gasteiger partial charge in [-0.25, -0.2) is 4.39 Å². The zero-order valence-corrected chi connectivity index (χ0v) is 22.0. The number of likely N-dealkylation sites (tertiary alicyclic amines) is 1. The van der Waals surface area contributed by atoms with Crippen molar-refractivity contribution in [3.63, 3.8) is 0 Å². The van der Waals surface area contributed by atoms with Crippen molar-refractivity contribution in [2.45, 2.75) is 19.4 Å². The number of thiophene rings is 1. The molecule has 0 saturated carbocycles. The van der Waals surface area contributed by atoms with E-state index in [9.17, 15) is 9.18 Å². The normalized spacial score (nSPS) is 13.4. The Morgan fingerprint density at radius 3 is 2.73 bits per heavy atom. The third kappa shape index (κ3) is 4.85. The van der Waals surface area contributed by atoms with Crippen LogP contribution in [0.2, 0.25) is 0 Å². The van der Waals surface area contributed by atoms with Gasteiger partial charge in [0.2, 0.25) is 5.91 Å². The van der Waals surface area contributed by atoms with Crippen LogP contribution in [0.25, 0.3) is 31.9 Å². The van der Waals surface area contributed by atoms with Crippen molar-refractivity contribution in [2.75, 3.05) is 11.9 Å². The predicted molar refractivity (Wildman–Crippen MR) is 151 cm³/mol. The molecule has 0 atom stereocenters. The van der Waals surface area contributed by atoms with Crippen LogP contribution in [0.4, 0.5) is 16.1 Å². The monoisotopic (exact) mass is 551 g/mol. The smallest absolute Gasteiger partial charge is 0.300 e. The summed E-state index contributed by atoms with van der Waals surface area (Å²) in [6.07, 6.45) is 5.11. The number of nitrogens with one attached hydrogen (secondary N) is 1. The fourth-order valence-corrected chi connectivity index (χ4v) is 5.73. The van der Waals surface area contributed by atoms with Crippen LogP contribution in [0.5, 0.6) is 11.5 Å². The summed E-state index contributed by atoms with van der Waals surface area (Å²) in [5.74, 6) is 1.18. The van der Waals surface area contributed by atoms with Crippen LogP contribution in [-0.4, -0.2) is 32.3 Å². The number of amides is 1. The van der Waals surface area contributed by atoms with Gasteiger partial charge in [0.1, 0.15) is 22.8 Å². The van der Waals surface area contributed by atoms with E-state index in [0.717, 1.165) is 39.3 Å². The van der Waals surface area contributed by atoms with E-state index >= 15 is 0 Å². The Bertz CT molecular complexity index is 1850. The maximum Gasteiger partial charge on any atom is 0.300 e. The van der Waals surface area contributed by atoms with Crippen LogP contribution in [0.3, 0.4) is 0 Å². The molecule has 2 aromatic carbocycles. The van der Waals surface area contributed by atoms with E-state index in [2.05, 4.69) is 20.3 Å². The lowest BCUT2D eigenvalue weighted by Crippen LogP contribution is -2.23. The number of hydrogen-bond donors (Lipinski definition) is 1. The fourth-order valence-electron chi connectivity index (χ4n) is 4.68. The minimum absolute atomic E-state index is 0.206. The summed E-state index contributed by atoms with van der Waals surface area (Å²) >= 11 is 1.56. The lowest BCUT2D eigenvalue weighted by atomic mass is 10.2. The van der Waals surface area contributed by atoms with Crippen molar-refractivity contribution in [1.29, 1.82) is 0 Å². The Balaban J connectivity index is 1.10. The molecule has 7 rings (SSSR count). The molecule has 5 heterocycles. The lowest BCUT2D eigenvalue weighted by molar-refractivity contribution is -0.128. The standard InChI is InChI=1S/C30H22FN5O3S/c31-19-4-6-20(7-5-19)34-30-35-23-14-21(8-10-25(23)39-30)38-26-11-12-32-24-15-27(40-29(24)26)22-9-3-18(16-33-22)17-36-13-1-2-28(36)37/h3-12,14-16H,1-2,13,17H2,(H,34,35). The zero-order chi connectivity index (χ0) is 27.1. The molecule has 6 aromatic rings. The van der Waals surface area contributed by atoms with Crippen molar-refractivity contribution < 1.29 is 18.3 Å². The van der Waals surface area contributed by atoms with Crippen LogP contribution < -0.4 is 10.1 Å². The quantitative estimate of drug-likeness (QED) is 0.223. The molecular formula is C30H22FN5O3S. The minimum Gasteiger partial charge on any atom is -0.456 e. The summed E-state index contributed by atoms with van der Waals surface area (Å²) in [5, 5.41) is 3.04. The molecule has 1 aliphatic rings. The van der Waals surface area contributed by atoms with Gasteiger partial charge in [-0.2, -0.15) is 4.98 Å². The van der Waals surface area contributed by atoms with Gasteiger partial charge in [-0.3, -0.25) is 14.8 Å². The Morgan fingerprint density at radius 1 is 1.02 bits per heavy atom. The highest BCUT2D eigenvalue weighted by Gasteiger charge is 2.20. The number of fused-ring (bicyclic) bond motifs is 2. The minimum atomic E-state index is -0.311. The van der Waals surface area contributed by atoms with Crippen LogP contribution in [0, 0.1) is 5.82 Å². The molecule has 8 nitrogen and oxygen atoms in total. The second-order valence-corrected chi connectivity index (χ2v) is 10.5. The van der Waals surface area contributed by atoms with Crippen molar-refractivity contribution in [3.05, 3.63) is 90.5 Å². The van der Waals surface area contributed by atoms with E-state index in [4.69, 9.17) is 9.15 Å². The number of carbonyl (C=O) groups excluding carboxylic acids is 1. The largest absolute Gasteiger partial charge is 0.456 e. The molecule has 1 saturated heterocycles. The molecule has 0 spiro atoms. The summed E-state index contributed by atoms with van der Waals surface area (Å²) < 4.78 is 26.1. The zero-order valence-electron chi connectivity index (χ0n) is 21.1. The van der Waals surface area contributed by atoms with E-state index in [1.165, 1.54) is 12.1 Å². The first-order valence-corrected chi connectivity index (χ1v) is 13.6. The number of hydrogen-bond acceptors (Lipinski definition) is 8. The summed E-state index contributed by atoms with van der Waals surface area (Å²) in [6, 6.07) is 19.5. The van der Waals surface area contributed by atoms with Gasteiger partial charge in [0, 0.05) is 49.7 Å². The number of nitrogens with zero attached hydrogens (tertiary/aromatic N) is 4. The van der Waals surface area contributed by atoms with Crippen molar-refractivity contribution in [1.82, 2.24) is 19.9 Å². The fraction of sp³-hybridized carbons (Fsp3) is 0.133. The van der Waals surface area contributed by atoms with Crippen molar-refractivity contribution in [3.8, 4) is 22.1 Å². The summed E-state index contributed by atoms with van der Waals surface area (Å²) in [6.45, 7) is 1.40.